The zero-order chi connectivity index (χ0) is 11.4. The number of amidine groups is 1. The summed E-state index contributed by atoms with van der Waals surface area (Å²) in [5.74, 6) is 1.34. The minimum Gasteiger partial charge on any atom is -0.496 e. The van der Waals surface area contributed by atoms with Crippen LogP contribution in [0, 0.1) is 0 Å². The molecule has 0 aliphatic carbocycles. The van der Waals surface area contributed by atoms with Crippen LogP contribution in [0.5, 0.6) is 5.75 Å². The smallest absolute Gasteiger partial charge is 0.133 e. The van der Waals surface area contributed by atoms with E-state index in [1.165, 1.54) is 0 Å². The van der Waals surface area contributed by atoms with Crippen molar-refractivity contribution in [3.63, 3.8) is 0 Å². The number of methoxy groups -OCH3 is 1. The van der Waals surface area contributed by atoms with E-state index in [4.69, 9.17) is 10.5 Å². The Morgan fingerprint density at radius 2 is 2.13 bits per heavy atom. The first-order valence-corrected chi connectivity index (χ1v) is 5.51. The molecule has 0 aliphatic rings. The van der Waals surface area contributed by atoms with Gasteiger partial charge in [0.2, 0.25) is 0 Å². The Morgan fingerprint density at radius 3 is 2.60 bits per heavy atom. The Balaban J connectivity index is 3.02. The molecule has 0 heterocycles. The second-order valence-corrected chi connectivity index (χ2v) is 4.31. The van der Waals surface area contributed by atoms with Gasteiger partial charge in [-0.05, 0) is 48.0 Å². The molecule has 0 aromatic heterocycles. The van der Waals surface area contributed by atoms with E-state index in [9.17, 15) is 0 Å². The third kappa shape index (κ3) is 3.23. The van der Waals surface area contributed by atoms with Gasteiger partial charge in [0.05, 0.1) is 11.6 Å². The summed E-state index contributed by atoms with van der Waals surface area (Å²) in [6, 6.07) is 5.86. The molecule has 0 unspecified atom stereocenters. The van der Waals surface area contributed by atoms with Crippen molar-refractivity contribution >= 4 is 21.8 Å². The van der Waals surface area contributed by atoms with Gasteiger partial charge in [0.25, 0.3) is 0 Å². The van der Waals surface area contributed by atoms with Crippen LogP contribution in [0.4, 0.5) is 0 Å². The van der Waals surface area contributed by atoms with E-state index in [1.54, 1.807) is 7.11 Å². The highest BCUT2D eigenvalue weighted by Crippen LogP contribution is 2.25. The molecule has 3 nitrogen and oxygen atoms in total. The largest absolute Gasteiger partial charge is 0.496 e. The first-order valence-electron chi connectivity index (χ1n) is 4.71. The molecule has 1 rings (SSSR count). The summed E-state index contributed by atoms with van der Waals surface area (Å²) in [7, 11) is 1.63. The fourth-order valence-electron chi connectivity index (χ4n) is 1.18. The second kappa shape index (κ2) is 5.16. The van der Waals surface area contributed by atoms with E-state index in [2.05, 4.69) is 20.9 Å². The number of benzene rings is 1. The summed E-state index contributed by atoms with van der Waals surface area (Å²) in [6.07, 6.45) is 0. The number of rotatable bonds is 3. The average molecular weight is 271 g/mol. The number of nitrogens with two attached hydrogens (primary N) is 1. The monoisotopic (exact) mass is 270 g/mol. The van der Waals surface area contributed by atoms with Crippen LogP contribution in [-0.2, 0) is 0 Å². The van der Waals surface area contributed by atoms with Crippen LogP contribution in [0.15, 0.2) is 27.7 Å². The lowest BCUT2D eigenvalue weighted by atomic mass is 10.2. The SMILES string of the molecule is COc1ccc(C(N)=NC(C)C)cc1Br. The third-order valence-electron chi connectivity index (χ3n) is 1.84. The maximum atomic E-state index is 5.84. The molecule has 0 saturated heterocycles. The summed E-state index contributed by atoms with van der Waals surface area (Å²) in [6.45, 7) is 3.98. The fraction of sp³-hybridized carbons (Fsp3) is 0.364. The van der Waals surface area contributed by atoms with Crippen molar-refractivity contribution in [2.45, 2.75) is 19.9 Å². The fourth-order valence-corrected chi connectivity index (χ4v) is 1.72. The molecule has 1 aromatic carbocycles. The van der Waals surface area contributed by atoms with Crippen LogP contribution in [0.1, 0.15) is 19.4 Å². The first-order chi connectivity index (χ1) is 7.04. The number of hydrogen-bond donors (Lipinski definition) is 1. The number of ether oxygens (including phenoxy) is 1. The van der Waals surface area contributed by atoms with Gasteiger partial charge in [0.1, 0.15) is 11.6 Å². The Labute approximate surface area is 98.5 Å². The van der Waals surface area contributed by atoms with Crippen LogP contribution in [0.25, 0.3) is 0 Å². The molecule has 0 aliphatic heterocycles. The van der Waals surface area contributed by atoms with Gasteiger partial charge in [0.15, 0.2) is 0 Å². The Kier molecular flexibility index (Phi) is 4.15. The van der Waals surface area contributed by atoms with E-state index in [0.717, 1.165) is 15.8 Å². The van der Waals surface area contributed by atoms with Gasteiger partial charge in [0, 0.05) is 11.6 Å². The lowest BCUT2D eigenvalue weighted by Crippen LogP contribution is -2.15. The van der Waals surface area contributed by atoms with Crippen molar-refractivity contribution in [2.75, 3.05) is 7.11 Å². The van der Waals surface area contributed by atoms with Crippen LogP contribution in [-0.4, -0.2) is 19.0 Å². The predicted octanol–water partition coefficient (Wildman–Crippen LogP) is 2.57. The molecule has 1 aromatic rings. The number of nitrogens with zero attached hydrogens (tertiary/aromatic N) is 1. The average Bonchev–Trinajstić information content (AvgIpc) is 2.16. The van der Waals surface area contributed by atoms with Crippen molar-refractivity contribution in [3.8, 4) is 5.75 Å². The second-order valence-electron chi connectivity index (χ2n) is 3.46. The molecule has 15 heavy (non-hydrogen) atoms. The summed E-state index contributed by atoms with van der Waals surface area (Å²) < 4.78 is 6.01. The molecule has 82 valence electrons. The summed E-state index contributed by atoms with van der Waals surface area (Å²) >= 11 is 3.41. The summed E-state index contributed by atoms with van der Waals surface area (Å²) in [5.41, 5.74) is 6.74. The van der Waals surface area contributed by atoms with Crippen LogP contribution >= 0.6 is 15.9 Å². The zero-order valence-electron chi connectivity index (χ0n) is 9.12. The topological polar surface area (TPSA) is 47.6 Å². The van der Waals surface area contributed by atoms with Crippen molar-refractivity contribution in [1.29, 1.82) is 0 Å². The Morgan fingerprint density at radius 1 is 1.47 bits per heavy atom. The molecule has 4 heteroatoms. The van der Waals surface area contributed by atoms with Crippen molar-refractivity contribution in [3.05, 3.63) is 28.2 Å². The normalized spacial score (nSPS) is 11.9. The number of halogens is 1. The van der Waals surface area contributed by atoms with Gasteiger partial charge in [-0.15, -0.1) is 0 Å². The lowest BCUT2D eigenvalue weighted by Gasteiger charge is -2.07. The van der Waals surface area contributed by atoms with Crippen molar-refractivity contribution in [1.82, 2.24) is 0 Å². The molecule has 0 saturated carbocycles. The van der Waals surface area contributed by atoms with E-state index in [1.807, 2.05) is 32.0 Å². The summed E-state index contributed by atoms with van der Waals surface area (Å²) in [5, 5.41) is 0. The van der Waals surface area contributed by atoms with Crippen molar-refractivity contribution < 1.29 is 4.74 Å². The van der Waals surface area contributed by atoms with Crippen LogP contribution in [0.2, 0.25) is 0 Å². The van der Waals surface area contributed by atoms with E-state index in [-0.39, 0.29) is 6.04 Å². The molecular formula is C11H15BrN2O. The predicted molar refractivity (Wildman–Crippen MR) is 66.6 cm³/mol. The first kappa shape index (κ1) is 12.0. The molecule has 0 fully saturated rings. The van der Waals surface area contributed by atoms with E-state index >= 15 is 0 Å². The number of aliphatic imine (C=N–C) groups is 1. The van der Waals surface area contributed by atoms with Gasteiger partial charge in [-0.1, -0.05) is 0 Å². The third-order valence-corrected chi connectivity index (χ3v) is 2.46. The van der Waals surface area contributed by atoms with Gasteiger partial charge < -0.3 is 10.5 Å². The molecule has 2 N–H and O–H groups in total. The maximum absolute atomic E-state index is 5.84. The van der Waals surface area contributed by atoms with E-state index < -0.39 is 0 Å². The molecule has 0 atom stereocenters. The molecule has 0 amide bonds. The van der Waals surface area contributed by atoms with Crippen LogP contribution in [0.3, 0.4) is 0 Å². The highest BCUT2D eigenvalue weighted by atomic mass is 79.9. The lowest BCUT2D eigenvalue weighted by molar-refractivity contribution is 0.412. The molecule has 0 spiro atoms. The standard InChI is InChI=1S/C11H15BrN2O/c1-7(2)14-11(13)8-4-5-10(15-3)9(12)6-8/h4-7H,1-3H3,(H2,13,14). The van der Waals surface area contributed by atoms with Gasteiger partial charge in [-0.3, -0.25) is 4.99 Å². The van der Waals surface area contributed by atoms with Gasteiger partial charge in [-0.25, -0.2) is 0 Å². The van der Waals surface area contributed by atoms with E-state index in [0.29, 0.717) is 5.84 Å². The highest BCUT2D eigenvalue weighted by Gasteiger charge is 2.04. The van der Waals surface area contributed by atoms with Crippen molar-refractivity contribution in [2.24, 2.45) is 10.7 Å². The maximum Gasteiger partial charge on any atom is 0.133 e. The molecular weight excluding hydrogens is 256 g/mol. The zero-order valence-corrected chi connectivity index (χ0v) is 10.7. The quantitative estimate of drug-likeness (QED) is 0.678. The van der Waals surface area contributed by atoms with Crippen LogP contribution < -0.4 is 10.5 Å². The number of hydrogen-bond acceptors (Lipinski definition) is 2. The minimum atomic E-state index is 0.200. The van der Waals surface area contributed by atoms with Gasteiger partial charge >= 0.3 is 0 Å². The molecule has 0 radical (unpaired) electrons. The Hall–Kier alpha value is -1.03. The highest BCUT2D eigenvalue weighted by molar-refractivity contribution is 9.10. The molecule has 0 bridgehead atoms. The Bertz CT molecular complexity index is 375. The minimum absolute atomic E-state index is 0.200. The summed E-state index contributed by atoms with van der Waals surface area (Å²) in [4.78, 5) is 4.28. The van der Waals surface area contributed by atoms with Gasteiger partial charge in [-0.2, -0.15) is 0 Å².